The average molecular weight is 263 g/mol. The number of hydrogen-bond acceptors (Lipinski definition) is 4. The third-order valence-electron chi connectivity index (χ3n) is 3.29. The molecular weight excluding hydrogens is 242 g/mol. The van der Waals surface area contributed by atoms with Crippen LogP contribution in [0.5, 0.6) is 0 Å². The number of rotatable bonds is 5. The second-order valence-electron chi connectivity index (χ2n) is 4.66. The second-order valence-corrected chi connectivity index (χ2v) is 6.98. The molecule has 17 heavy (non-hydrogen) atoms. The van der Waals surface area contributed by atoms with Gasteiger partial charge in [0.25, 0.3) is 0 Å². The number of esters is 1. The highest BCUT2D eigenvalue weighted by molar-refractivity contribution is 7.89. The van der Waals surface area contributed by atoms with Gasteiger partial charge in [0, 0.05) is 13.6 Å². The van der Waals surface area contributed by atoms with Crippen molar-refractivity contribution in [3.63, 3.8) is 0 Å². The summed E-state index contributed by atoms with van der Waals surface area (Å²) in [5.41, 5.74) is 0. The van der Waals surface area contributed by atoms with Gasteiger partial charge in [0.15, 0.2) is 0 Å². The first-order valence-corrected chi connectivity index (χ1v) is 7.43. The van der Waals surface area contributed by atoms with Crippen LogP contribution in [0.1, 0.15) is 32.6 Å². The van der Waals surface area contributed by atoms with Crippen molar-refractivity contribution in [2.75, 3.05) is 20.7 Å². The maximum atomic E-state index is 12.2. The van der Waals surface area contributed by atoms with Crippen molar-refractivity contribution in [3.05, 3.63) is 0 Å². The lowest BCUT2D eigenvalue weighted by atomic mass is 10.2. The number of hydrogen-bond donors (Lipinski definition) is 0. The SMILES string of the molecule is COC(=O)C(C)CN(C)S(=O)(=O)C1CCCC1. The second kappa shape index (κ2) is 5.82. The van der Waals surface area contributed by atoms with Crippen molar-refractivity contribution in [2.24, 2.45) is 5.92 Å². The zero-order valence-corrected chi connectivity index (χ0v) is 11.5. The summed E-state index contributed by atoms with van der Waals surface area (Å²) in [7, 11) is -0.405. The molecule has 1 unspecified atom stereocenters. The Morgan fingerprint density at radius 3 is 2.41 bits per heavy atom. The summed E-state index contributed by atoms with van der Waals surface area (Å²) in [5.74, 6) is -0.806. The number of carbonyl (C=O) groups is 1. The van der Waals surface area contributed by atoms with Crippen molar-refractivity contribution in [1.29, 1.82) is 0 Å². The van der Waals surface area contributed by atoms with Crippen LogP contribution in [0.15, 0.2) is 0 Å². The van der Waals surface area contributed by atoms with Crippen LogP contribution < -0.4 is 0 Å². The predicted molar refractivity (Wildman–Crippen MR) is 65.0 cm³/mol. The van der Waals surface area contributed by atoms with Crippen LogP contribution in [0.3, 0.4) is 0 Å². The number of nitrogens with zero attached hydrogens (tertiary/aromatic N) is 1. The molecule has 0 aromatic rings. The smallest absolute Gasteiger partial charge is 0.309 e. The largest absolute Gasteiger partial charge is 0.469 e. The Bertz CT molecular complexity index is 360. The van der Waals surface area contributed by atoms with E-state index >= 15 is 0 Å². The zero-order valence-electron chi connectivity index (χ0n) is 10.7. The van der Waals surface area contributed by atoms with E-state index in [4.69, 9.17) is 0 Å². The normalized spacial score (nSPS) is 19.5. The van der Waals surface area contributed by atoms with Crippen LogP contribution >= 0.6 is 0 Å². The highest BCUT2D eigenvalue weighted by atomic mass is 32.2. The Labute approximate surface area is 103 Å². The van der Waals surface area contributed by atoms with E-state index in [1.54, 1.807) is 6.92 Å². The molecule has 0 amide bonds. The molecule has 0 N–H and O–H groups in total. The first kappa shape index (κ1) is 14.4. The number of methoxy groups -OCH3 is 1. The maximum Gasteiger partial charge on any atom is 0.309 e. The molecule has 0 aromatic carbocycles. The predicted octanol–water partition coefficient (Wildman–Crippen LogP) is 1.000. The van der Waals surface area contributed by atoms with Gasteiger partial charge in [-0.25, -0.2) is 12.7 Å². The third-order valence-corrected chi connectivity index (χ3v) is 5.62. The Balaban J connectivity index is 2.62. The van der Waals surface area contributed by atoms with Crippen molar-refractivity contribution in [1.82, 2.24) is 4.31 Å². The van der Waals surface area contributed by atoms with Crippen LogP contribution in [0.25, 0.3) is 0 Å². The summed E-state index contributed by atoms with van der Waals surface area (Å²) in [6.07, 6.45) is 3.42. The van der Waals surface area contributed by atoms with Crippen LogP contribution in [0, 0.1) is 5.92 Å². The molecule has 100 valence electrons. The maximum absolute atomic E-state index is 12.2. The van der Waals surface area contributed by atoms with Crippen molar-refractivity contribution in [3.8, 4) is 0 Å². The van der Waals surface area contributed by atoms with Crippen LogP contribution in [0.2, 0.25) is 0 Å². The van der Waals surface area contributed by atoms with Crippen molar-refractivity contribution < 1.29 is 17.9 Å². The lowest BCUT2D eigenvalue weighted by Crippen LogP contribution is -2.39. The fourth-order valence-corrected chi connectivity index (χ4v) is 4.08. The first-order chi connectivity index (χ1) is 7.89. The van der Waals surface area contributed by atoms with Gasteiger partial charge in [0.05, 0.1) is 18.3 Å². The molecule has 6 heteroatoms. The van der Waals surface area contributed by atoms with Gasteiger partial charge in [-0.3, -0.25) is 4.79 Å². The highest BCUT2D eigenvalue weighted by Gasteiger charge is 2.33. The van der Waals surface area contributed by atoms with Gasteiger partial charge in [0.2, 0.25) is 10.0 Å². The van der Waals surface area contributed by atoms with E-state index in [1.165, 1.54) is 18.5 Å². The van der Waals surface area contributed by atoms with Crippen molar-refractivity contribution in [2.45, 2.75) is 37.9 Å². The van der Waals surface area contributed by atoms with Gasteiger partial charge < -0.3 is 4.74 Å². The summed E-state index contributed by atoms with van der Waals surface area (Å²) in [5, 5.41) is -0.266. The van der Waals surface area contributed by atoms with E-state index < -0.39 is 15.9 Å². The number of ether oxygens (including phenoxy) is 1. The molecule has 0 aliphatic heterocycles. The number of sulfonamides is 1. The summed E-state index contributed by atoms with van der Waals surface area (Å²) in [6, 6.07) is 0. The monoisotopic (exact) mass is 263 g/mol. The van der Waals surface area contributed by atoms with E-state index in [-0.39, 0.29) is 17.8 Å². The van der Waals surface area contributed by atoms with Gasteiger partial charge >= 0.3 is 5.97 Å². The highest BCUT2D eigenvalue weighted by Crippen LogP contribution is 2.26. The molecule has 0 heterocycles. The molecule has 1 rings (SSSR count). The lowest BCUT2D eigenvalue weighted by molar-refractivity contribution is -0.144. The molecule has 5 nitrogen and oxygen atoms in total. The Morgan fingerprint density at radius 2 is 1.94 bits per heavy atom. The van der Waals surface area contributed by atoms with Crippen molar-refractivity contribution >= 4 is 16.0 Å². The minimum Gasteiger partial charge on any atom is -0.469 e. The fourth-order valence-electron chi connectivity index (χ4n) is 2.21. The summed E-state index contributed by atoms with van der Waals surface area (Å²) < 4.78 is 30.2. The lowest BCUT2D eigenvalue weighted by Gasteiger charge is -2.23. The standard InChI is InChI=1S/C11H21NO4S/c1-9(11(13)16-3)8-12(2)17(14,15)10-6-4-5-7-10/h9-10H,4-8H2,1-3H3. The quantitative estimate of drug-likeness (QED) is 0.694. The molecule has 1 aliphatic rings. The third kappa shape index (κ3) is 3.42. The summed E-state index contributed by atoms with van der Waals surface area (Å²) >= 11 is 0. The van der Waals surface area contributed by atoms with E-state index in [9.17, 15) is 13.2 Å². The van der Waals surface area contributed by atoms with E-state index in [0.29, 0.717) is 0 Å². The van der Waals surface area contributed by atoms with Gasteiger partial charge in [-0.15, -0.1) is 0 Å². The summed E-state index contributed by atoms with van der Waals surface area (Å²) in [4.78, 5) is 11.3. The first-order valence-electron chi connectivity index (χ1n) is 5.92. The van der Waals surface area contributed by atoms with Gasteiger partial charge in [-0.1, -0.05) is 19.8 Å². The van der Waals surface area contributed by atoms with Gasteiger partial charge in [-0.05, 0) is 12.8 Å². The average Bonchev–Trinajstić information content (AvgIpc) is 2.81. The fraction of sp³-hybridized carbons (Fsp3) is 0.909. The molecule has 0 bridgehead atoms. The zero-order chi connectivity index (χ0) is 13.1. The molecule has 1 aliphatic carbocycles. The van der Waals surface area contributed by atoms with E-state index in [2.05, 4.69) is 4.74 Å². The Kier molecular flexibility index (Phi) is 4.94. The Hall–Kier alpha value is -0.620. The molecule has 0 aromatic heterocycles. The minimum absolute atomic E-state index is 0.186. The molecule has 0 saturated heterocycles. The van der Waals surface area contributed by atoms with Gasteiger partial charge in [-0.2, -0.15) is 0 Å². The minimum atomic E-state index is -3.25. The molecule has 1 fully saturated rings. The topological polar surface area (TPSA) is 63.7 Å². The van der Waals surface area contributed by atoms with Gasteiger partial charge in [0.1, 0.15) is 0 Å². The molecule has 1 saturated carbocycles. The van der Waals surface area contributed by atoms with Crippen LogP contribution in [-0.2, 0) is 19.6 Å². The van der Waals surface area contributed by atoms with Crippen LogP contribution in [0.4, 0.5) is 0 Å². The molecular formula is C11H21NO4S. The van der Waals surface area contributed by atoms with Crippen LogP contribution in [-0.4, -0.2) is 44.6 Å². The molecule has 1 atom stereocenters. The molecule has 0 radical (unpaired) electrons. The summed E-state index contributed by atoms with van der Waals surface area (Å²) in [6.45, 7) is 1.86. The van der Waals surface area contributed by atoms with E-state index in [0.717, 1.165) is 25.7 Å². The van der Waals surface area contributed by atoms with E-state index in [1.807, 2.05) is 0 Å². The Morgan fingerprint density at radius 1 is 1.41 bits per heavy atom. The molecule has 0 spiro atoms. The number of carbonyl (C=O) groups excluding carboxylic acids is 1.